The Labute approximate surface area is 189 Å². The molecule has 0 aliphatic carbocycles. The van der Waals surface area contributed by atoms with Crippen molar-refractivity contribution in [3.63, 3.8) is 0 Å². The molecule has 0 bridgehead atoms. The lowest BCUT2D eigenvalue weighted by Crippen LogP contribution is -2.33. The predicted molar refractivity (Wildman–Crippen MR) is 115 cm³/mol. The van der Waals surface area contributed by atoms with Crippen molar-refractivity contribution in [2.24, 2.45) is 5.92 Å². The molecule has 1 fully saturated rings. The van der Waals surface area contributed by atoms with Gasteiger partial charge in [0.2, 0.25) is 6.41 Å². The third kappa shape index (κ3) is 6.42. The van der Waals surface area contributed by atoms with E-state index in [0.717, 1.165) is 0 Å². The van der Waals surface area contributed by atoms with Crippen LogP contribution in [-0.4, -0.2) is 42.5 Å². The number of carbonyl (C=O) groups is 1. The third-order valence-corrected chi connectivity index (χ3v) is 5.60. The topological polar surface area (TPSA) is 80.7 Å². The zero-order valence-electron chi connectivity index (χ0n) is 18.8. The molecule has 1 aliphatic rings. The van der Waals surface area contributed by atoms with Gasteiger partial charge < -0.3 is 19.9 Å². The van der Waals surface area contributed by atoms with E-state index in [0.29, 0.717) is 41.1 Å². The van der Waals surface area contributed by atoms with E-state index in [4.69, 9.17) is 9.47 Å². The average molecular weight is 472 g/mol. The number of hydrogen-bond acceptors (Lipinski definition) is 5. The first kappa shape index (κ1) is 26.5. The highest BCUT2D eigenvalue weighted by molar-refractivity contribution is 5.70. The van der Waals surface area contributed by atoms with Gasteiger partial charge in [-0.3, -0.25) is 9.78 Å². The molecule has 4 atom stereocenters. The van der Waals surface area contributed by atoms with E-state index in [9.17, 15) is 27.5 Å². The number of amides is 1. The lowest BCUT2D eigenvalue weighted by molar-refractivity contribution is -0.215. The molecule has 6 nitrogen and oxygen atoms in total. The number of aliphatic hydroxyl groups is 1. The van der Waals surface area contributed by atoms with Crippen LogP contribution in [0.5, 0.6) is 5.75 Å². The molecule has 1 saturated heterocycles. The minimum absolute atomic E-state index is 0.0488. The van der Waals surface area contributed by atoms with Crippen molar-refractivity contribution in [2.75, 3.05) is 19.0 Å². The van der Waals surface area contributed by atoms with Crippen LogP contribution in [-0.2, 0) is 9.53 Å². The Balaban J connectivity index is 0.000000257. The number of pyridine rings is 1. The number of halogens is 4. The SMILES string of the molecule is CCC(O)c1cc(NC=O)ccn1.COc1c(C2COC(C(F)(F)F)C2C)ccc(F)c1C. The van der Waals surface area contributed by atoms with Gasteiger partial charge >= 0.3 is 6.18 Å². The van der Waals surface area contributed by atoms with Crippen LogP contribution in [0, 0.1) is 18.7 Å². The first-order valence-electron chi connectivity index (χ1n) is 10.4. The highest BCUT2D eigenvalue weighted by Crippen LogP contribution is 2.45. The van der Waals surface area contributed by atoms with Crippen molar-refractivity contribution in [1.82, 2.24) is 4.98 Å². The van der Waals surface area contributed by atoms with Crippen LogP contribution in [0.25, 0.3) is 0 Å². The van der Waals surface area contributed by atoms with Gasteiger partial charge in [-0.15, -0.1) is 0 Å². The smallest absolute Gasteiger partial charge is 0.414 e. The van der Waals surface area contributed by atoms with Crippen molar-refractivity contribution in [1.29, 1.82) is 0 Å². The molecule has 182 valence electrons. The fourth-order valence-electron chi connectivity index (χ4n) is 3.74. The number of ether oxygens (including phenoxy) is 2. The number of aliphatic hydroxyl groups excluding tert-OH is 1. The van der Waals surface area contributed by atoms with Gasteiger partial charge in [-0.2, -0.15) is 13.2 Å². The molecule has 33 heavy (non-hydrogen) atoms. The van der Waals surface area contributed by atoms with Gasteiger partial charge in [0, 0.05) is 34.8 Å². The molecule has 2 aromatic rings. The molecule has 0 saturated carbocycles. The first-order valence-corrected chi connectivity index (χ1v) is 10.4. The predicted octanol–water partition coefficient (Wildman–Crippen LogP) is 4.92. The van der Waals surface area contributed by atoms with Crippen LogP contribution >= 0.6 is 0 Å². The number of benzene rings is 1. The summed E-state index contributed by atoms with van der Waals surface area (Å²) in [5.74, 6) is -1.34. The molecule has 1 aromatic heterocycles. The number of nitrogens with zero attached hydrogens (tertiary/aromatic N) is 1. The lowest BCUT2D eigenvalue weighted by Gasteiger charge is -2.22. The van der Waals surface area contributed by atoms with E-state index in [1.165, 1.54) is 26.2 Å². The molecule has 0 spiro atoms. The number of methoxy groups -OCH3 is 1. The molecule has 2 N–H and O–H groups in total. The van der Waals surface area contributed by atoms with Crippen LogP contribution < -0.4 is 10.1 Å². The lowest BCUT2D eigenvalue weighted by atomic mass is 9.85. The summed E-state index contributed by atoms with van der Waals surface area (Å²) >= 11 is 0. The van der Waals surface area contributed by atoms with Crippen molar-refractivity contribution in [3.05, 3.63) is 53.1 Å². The van der Waals surface area contributed by atoms with Gasteiger partial charge in [0.25, 0.3) is 0 Å². The van der Waals surface area contributed by atoms with E-state index in [2.05, 4.69) is 10.3 Å². The van der Waals surface area contributed by atoms with Gasteiger partial charge in [0.05, 0.1) is 25.5 Å². The summed E-state index contributed by atoms with van der Waals surface area (Å²) in [5.41, 5.74) is 2.08. The minimum atomic E-state index is -4.39. The maximum Gasteiger partial charge on any atom is 0.414 e. The quantitative estimate of drug-likeness (QED) is 0.461. The van der Waals surface area contributed by atoms with Crippen LogP contribution in [0.15, 0.2) is 30.5 Å². The Bertz CT molecular complexity index is 939. The highest BCUT2D eigenvalue weighted by atomic mass is 19.4. The summed E-state index contributed by atoms with van der Waals surface area (Å²) in [5, 5.41) is 11.9. The summed E-state index contributed by atoms with van der Waals surface area (Å²) in [6, 6.07) is 6.05. The fraction of sp³-hybridized carbons (Fsp3) is 0.478. The van der Waals surface area contributed by atoms with E-state index in [1.54, 1.807) is 25.3 Å². The summed E-state index contributed by atoms with van der Waals surface area (Å²) in [7, 11) is 1.38. The number of rotatable bonds is 6. The van der Waals surface area contributed by atoms with E-state index in [1.807, 2.05) is 6.92 Å². The minimum Gasteiger partial charge on any atom is -0.496 e. The number of aromatic nitrogens is 1. The van der Waals surface area contributed by atoms with Crippen LogP contribution in [0.3, 0.4) is 0 Å². The van der Waals surface area contributed by atoms with Crippen molar-refractivity contribution in [3.8, 4) is 5.75 Å². The standard InChI is InChI=1S/C14H16F4O2.C9H12N2O2/c1-7-10(6-20-13(7)14(16,17)18)9-4-5-11(15)8(2)12(9)19-3;1-2-9(13)8-5-7(11-6-12)3-4-10-8/h4-5,7,10,13H,6H2,1-3H3;3-6,9,13H,2H2,1H3,(H,10,11,12). The van der Waals surface area contributed by atoms with E-state index < -0.39 is 36.0 Å². The van der Waals surface area contributed by atoms with Gasteiger partial charge in [0.1, 0.15) is 11.6 Å². The monoisotopic (exact) mass is 472 g/mol. The number of hydrogen-bond donors (Lipinski definition) is 2. The maximum absolute atomic E-state index is 13.5. The number of anilines is 1. The summed E-state index contributed by atoms with van der Waals surface area (Å²) in [4.78, 5) is 14.1. The zero-order valence-corrected chi connectivity index (χ0v) is 18.8. The van der Waals surface area contributed by atoms with Gasteiger partial charge in [-0.1, -0.05) is 19.9 Å². The maximum atomic E-state index is 13.5. The van der Waals surface area contributed by atoms with Gasteiger partial charge in [-0.25, -0.2) is 4.39 Å². The van der Waals surface area contributed by atoms with Gasteiger partial charge in [-0.05, 0) is 31.5 Å². The van der Waals surface area contributed by atoms with Crippen LogP contribution in [0.2, 0.25) is 0 Å². The molecule has 1 amide bonds. The second kappa shape index (κ2) is 11.4. The van der Waals surface area contributed by atoms with Crippen molar-refractivity contribution >= 4 is 12.1 Å². The first-order chi connectivity index (χ1) is 15.5. The summed E-state index contributed by atoms with van der Waals surface area (Å²) in [6.07, 6.45) is -3.98. The summed E-state index contributed by atoms with van der Waals surface area (Å²) < 4.78 is 62.0. The van der Waals surface area contributed by atoms with Crippen molar-refractivity contribution in [2.45, 2.75) is 51.5 Å². The summed E-state index contributed by atoms with van der Waals surface area (Å²) in [6.45, 7) is 4.85. The molecule has 1 aromatic carbocycles. The van der Waals surface area contributed by atoms with Crippen molar-refractivity contribution < 1.29 is 36.9 Å². The van der Waals surface area contributed by atoms with E-state index >= 15 is 0 Å². The normalized spacial score (nSPS) is 21.1. The molecule has 1 aliphatic heterocycles. The zero-order chi connectivity index (χ0) is 24.8. The van der Waals surface area contributed by atoms with Crippen LogP contribution in [0.1, 0.15) is 49.1 Å². The van der Waals surface area contributed by atoms with Crippen LogP contribution in [0.4, 0.5) is 23.2 Å². The Morgan fingerprint density at radius 1 is 1.36 bits per heavy atom. The molecular weight excluding hydrogens is 444 g/mol. The molecule has 3 rings (SSSR count). The fourth-order valence-corrected chi connectivity index (χ4v) is 3.74. The Hall–Kier alpha value is -2.72. The number of carbonyl (C=O) groups excluding carboxylic acids is 1. The highest BCUT2D eigenvalue weighted by Gasteiger charge is 2.51. The number of alkyl halides is 3. The largest absolute Gasteiger partial charge is 0.496 e. The third-order valence-electron chi connectivity index (χ3n) is 5.60. The Morgan fingerprint density at radius 3 is 2.61 bits per heavy atom. The average Bonchev–Trinajstić information content (AvgIpc) is 3.17. The molecule has 10 heteroatoms. The molecule has 0 radical (unpaired) electrons. The molecule has 2 heterocycles. The Kier molecular flexibility index (Phi) is 9.18. The molecular formula is C23H28F4N2O4. The molecule has 4 unspecified atom stereocenters. The second-order valence-corrected chi connectivity index (χ2v) is 7.71. The van der Waals surface area contributed by atoms with Gasteiger partial charge in [0.15, 0.2) is 6.10 Å². The number of nitrogens with one attached hydrogen (secondary N) is 1. The second-order valence-electron chi connectivity index (χ2n) is 7.71. The Morgan fingerprint density at radius 2 is 2.06 bits per heavy atom. The van der Waals surface area contributed by atoms with E-state index in [-0.39, 0.29) is 6.61 Å².